The van der Waals surface area contributed by atoms with E-state index in [-0.39, 0.29) is 21.7 Å². The lowest BCUT2D eigenvalue weighted by molar-refractivity contribution is 0.568. The summed E-state index contributed by atoms with van der Waals surface area (Å²) in [5.41, 5.74) is 21.3. The average molecular weight is 694 g/mol. The van der Waals surface area contributed by atoms with Crippen molar-refractivity contribution in [3.05, 3.63) is 128 Å². The molecular formula is C50H65Si. The zero-order valence-corrected chi connectivity index (χ0v) is 35.9. The molecule has 1 radical (unpaired) electrons. The highest BCUT2D eigenvalue weighted by Gasteiger charge is 2.29. The SMILES string of the molecule is CC1=Cc2c(-c3cc(C(C)(C)C)cc(C(C)(C)C)c3)cccc2C1[Si](C)C.CC1=Cc2c(cccc2-c2cc(C(C)(C)C)cc(C(C)(C)C)c2)C1. The molecule has 0 spiro atoms. The van der Waals surface area contributed by atoms with Gasteiger partial charge in [-0.05, 0) is 114 Å². The minimum absolute atomic E-state index is 0.144. The van der Waals surface area contributed by atoms with E-state index in [0.717, 1.165) is 6.42 Å². The van der Waals surface area contributed by atoms with E-state index < -0.39 is 8.80 Å². The van der Waals surface area contributed by atoms with E-state index in [1.165, 1.54) is 66.8 Å². The second-order valence-electron chi connectivity index (χ2n) is 19.9. The number of benzene rings is 4. The Kier molecular flexibility index (Phi) is 10.5. The van der Waals surface area contributed by atoms with E-state index in [9.17, 15) is 0 Å². The molecule has 6 rings (SSSR count). The summed E-state index contributed by atoms with van der Waals surface area (Å²) in [4.78, 5) is 0. The molecule has 1 heteroatoms. The van der Waals surface area contributed by atoms with Crippen molar-refractivity contribution in [3.63, 3.8) is 0 Å². The topological polar surface area (TPSA) is 0 Å². The fourth-order valence-electron chi connectivity index (χ4n) is 7.66. The third-order valence-electron chi connectivity index (χ3n) is 10.9. The van der Waals surface area contributed by atoms with Crippen molar-refractivity contribution in [1.82, 2.24) is 0 Å². The van der Waals surface area contributed by atoms with Crippen molar-refractivity contribution in [3.8, 4) is 22.3 Å². The zero-order chi connectivity index (χ0) is 37.8. The number of hydrogen-bond donors (Lipinski definition) is 0. The molecule has 1 atom stereocenters. The molecule has 51 heavy (non-hydrogen) atoms. The van der Waals surface area contributed by atoms with Gasteiger partial charge in [-0.25, -0.2) is 0 Å². The summed E-state index contributed by atoms with van der Waals surface area (Å²) in [6.45, 7) is 37.1. The maximum absolute atomic E-state index is 2.45. The molecule has 2 aliphatic carbocycles. The van der Waals surface area contributed by atoms with Crippen molar-refractivity contribution in [2.75, 3.05) is 0 Å². The van der Waals surface area contributed by atoms with Gasteiger partial charge in [-0.1, -0.05) is 192 Å². The van der Waals surface area contributed by atoms with Gasteiger partial charge in [-0.3, -0.25) is 0 Å². The smallest absolute Gasteiger partial charge is 0.0551 e. The largest absolute Gasteiger partial charge is 0.0705 e. The zero-order valence-electron chi connectivity index (χ0n) is 34.9. The van der Waals surface area contributed by atoms with Crippen LogP contribution in [0.1, 0.15) is 147 Å². The van der Waals surface area contributed by atoms with Gasteiger partial charge in [-0.15, -0.1) is 0 Å². The van der Waals surface area contributed by atoms with Gasteiger partial charge in [0.15, 0.2) is 0 Å². The molecule has 0 fully saturated rings. The summed E-state index contributed by atoms with van der Waals surface area (Å²) in [5.74, 6) is 0. The van der Waals surface area contributed by atoms with Gasteiger partial charge in [0.2, 0.25) is 0 Å². The molecule has 0 heterocycles. The second kappa shape index (κ2) is 13.9. The molecule has 0 amide bonds. The molecule has 0 saturated heterocycles. The van der Waals surface area contributed by atoms with Crippen LogP contribution in [-0.2, 0) is 28.1 Å². The fraction of sp³-hybridized carbons (Fsp3) is 0.440. The van der Waals surface area contributed by atoms with Gasteiger partial charge in [0.25, 0.3) is 0 Å². The fourth-order valence-corrected chi connectivity index (χ4v) is 9.52. The van der Waals surface area contributed by atoms with Crippen LogP contribution >= 0.6 is 0 Å². The number of allylic oxidation sites excluding steroid dienone is 2. The van der Waals surface area contributed by atoms with Crippen LogP contribution in [0, 0.1) is 0 Å². The molecule has 4 aromatic carbocycles. The number of fused-ring (bicyclic) bond motifs is 2. The van der Waals surface area contributed by atoms with Crippen molar-refractivity contribution in [2.45, 2.75) is 144 Å². The van der Waals surface area contributed by atoms with Crippen LogP contribution in [0.25, 0.3) is 34.4 Å². The van der Waals surface area contributed by atoms with Crippen molar-refractivity contribution >= 4 is 20.9 Å². The lowest BCUT2D eigenvalue weighted by Gasteiger charge is -2.27. The predicted molar refractivity (Wildman–Crippen MR) is 230 cm³/mol. The summed E-state index contributed by atoms with van der Waals surface area (Å²) >= 11 is 0. The van der Waals surface area contributed by atoms with Crippen molar-refractivity contribution in [2.24, 2.45) is 0 Å². The van der Waals surface area contributed by atoms with E-state index in [0.29, 0.717) is 5.54 Å². The third kappa shape index (κ3) is 8.46. The summed E-state index contributed by atoms with van der Waals surface area (Å²) in [7, 11) is -0.401. The van der Waals surface area contributed by atoms with Crippen molar-refractivity contribution in [1.29, 1.82) is 0 Å². The molecule has 0 nitrogen and oxygen atoms in total. The summed E-state index contributed by atoms with van der Waals surface area (Å²) in [6, 6.07) is 28.1. The monoisotopic (exact) mass is 693 g/mol. The first kappa shape index (κ1) is 38.8. The second-order valence-corrected chi connectivity index (χ2v) is 22.6. The van der Waals surface area contributed by atoms with Crippen LogP contribution in [0.4, 0.5) is 0 Å². The number of hydrogen-bond acceptors (Lipinski definition) is 0. The van der Waals surface area contributed by atoms with Gasteiger partial charge < -0.3 is 0 Å². The maximum atomic E-state index is 2.45. The molecule has 4 aromatic rings. The van der Waals surface area contributed by atoms with Crippen LogP contribution in [0.2, 0.25) is 13.1 Å². The minimum Gasteiger partial charge on any atom is -0.0705 e. The first-order valence-electron chi connectivity index (χ1n) is 19.2. The van der Waals surface area contributed by atoms with E-state index in [2.05, 4.69) is 195 Å². The number of rotatable bonds is 3. The molecule has 0 bridgehead atoms. The van der Waals surface area contributed by atoms with Crippen LogP contribution in [0.3, 0.4) is 0 Å². The van der Waals surface area contributed by atoms with E-state index in [1.807, 2.05) is 0 Å². The van der Waals surface area contributed by atoms with Gasteiger partial charge in [0.05, 0.1) is 8.80 Å². The standard InChI is InChI=1S/C26H35Si.C24H30/c1-17-13-23-21(11-10-12-22(23)24(17)27(8)9)18-14-19(25(2,3)4)16-20(15-18)26(5,6)7;1-16-11-17-9-8-10-21(22(17)12-16)18-13-19(23(2,3)4)15-20(14-18)24(5,6)7/h10-16,24H,1-9H3;8-10,12-15H,11H2,1-7H3. The van der Waals surface area contributed by atoms with E-state index >= 15 is 0 Å². The first-order chi connectivity index (χ1) is 23.4. The van der Waals surface area contributed by atoms with Crippen molar-refractivity contribution < 1.29 is 0 Å². The van der Waals surface area contributed by atoms with Gasteiger partial charge in [0, 0.05) is 0 Å². The highest BCUT2D eigenvalue weighted by molar-refractivity contribution is 6.58. The summed E-state index contributed by atoms with van der Waals surface area (Å²) in [5, 5.41) is 0. The predicted octanol–water partition coefficient (Wildman–Crippen LogP) is 14.7. The van der Waals surface area contributed by atoms with Crippen LogP contribution in [-0.4, -0.2) is 8.80 Å². The lowest BCUT2D eigenvalue weighted by Crippen LogP contribution is -2.17. The van der Waals surface area contributed by atoms with Gasteiger partial charge >= 0.3 is 0 Å². The Morgan fingerprint density at radius 2 is 0.922 bits per heavy atom. The highest BCUT2D eigenvalue weighted by Crippen LogP contribution is 2.44. The Morgan fingerprint density at radius 3 is 1.33 bits per heavy atom. The third-order valence-corrected chi connectivity index (χ3v) is 12.8. The van der Waals surface area contributed by atoms with Crippen LogP contribution < -0.4 is 0 Å². The van der Waals surface area contributed by atoms with Crippen LogP contribution in [0.15, 0.2) is 83.9 Å². The average Bonchev–Trinajstić information content (AvgIpc) is 3.57. The quantitative estimate of drug-likeness (QED) is 0.187. The lowest BCUT2D eigenvalue weighted by atomic mass is 9.78. The first-order valence-corrected chi connectivity index (χ1v) is 21.8. The maximum Gasteiger partial charge on any atom is 0.0551 e. The molecule has 0 saturated carbocycles. The van der Waals surface area contributed by atoms with Gasteiger partial charge in [0.1, 0.15) is 0 Å². The normalized spacial score (nSPS) is 16.0. The molecule has 1 unspecified atom stereocenters. The summed E-state index contributed by atoms with van der Waals surface area (Å²) in [6.07, 6.45) is 5.91. The summed E-state index contributed by atoms with van der Waals surface area (Å²) < 4.78 is 0. The highest BCUT2D eigenvalue weighted by atomic mass is 28.3. The Balaban J connectivity index is 0.000000199. The molecule has 269 valence electrons. The Hall–Kier alpha value is -3.42. The molecule has 0 aromatic heterocycles. The molecular weight excluding hydrogens is 629 g/mol. The Morgan fingerprint density at radius 1 is 0.510 bits per heavy atom. The Bertz CT molecular complexity index is 1920. The van der Waals surface area contributed by atoms with Crippen LogP contribution in [0.5, 0.6) is 0 Å². The molecule has 0 aliphatic heterocycles. The van der Waals surface area contributed by atoms with E-state index in [1.54, 1.807) is 11.1 Å². The Labute approximate surface area is 314 Å². The molecule has 2 aliphatic rings. The van der Waals surface area contributed by atoms with Gasteiger partial charge in [-0.2, -0.15) is 0 Å². The van der Waals surface area contributed by atoms with E-state index in [4.69, 9.17) is 0 Å². The minimum atomic E-state index is -0.401. The molecule has 0 N–H and O–H groups in total.